The van der Waals surface area contributed by atoms with Crippen molar-refractivity contribution in [3.63, 3.8) is 0 Å². The summed E-state index contributed by atoms with van der Waals surface area (Å²) >= 11 is 0. The summed E-state index contributed by atoms with van der Waals surface area (Å²) in [5.74, 6) is -0.861. The van der Waals surface area contributed by atoms with Crippen LogP contribution in [0.25, 0.3) is 0 Å². The van der Waals surface area contributed by atoms with E-state index in [4.69, 9.17) is 5.73 Å². The molecule has 0 spiro atoms. The van der Waals surface area contributed by atoms with E-state index in [-0.39, 0.29) is 17.6 Å². The monoisotopic (exact) mass is 294 g/mol. The first-order valence-corrected chi connectivity index (χ1v) is 6.52. The molecule has 3 N–H and O–H groups in total. The lowest BCUT2D eigenvalue weighted by Gasteiger charge is -2.19. The number of hydrogen-bond acceptors (Lipinski definition) is 6. The number of aromatic nitrogens is 3. The Morgan fingerprint density at radius 2 is 1.86 bits per heavy atom. The molecule has 2 rings (SSSR count). The first kappa shape index (κ1) is 14.9. The maximum atomic E-state index is 13.6. The van der Waals surface area contributed by atoms with Crippen LogP contribution in [-0.2, 0) is 0 Å². The van der Waals surface area contributed by atoms with Gasteiger partial charge in [0.1, 0.15) is 11.6 Å². The van der Waals surface area contributed by atoms with Crippen molar-refractivity contribution in [3.05, 3.63) is 29.8 Å². The Kier molecular flexibility index (Phi) is 4.46. The average Bonchev–Trinajstić information content (AvgIpc) is 2.43. The Morgan fingerprint density at radius 3 is 2.48 bits per heavy atom. The van der Waals surface area contributed by atoms with Crippen molar-refractivity contribution in [2.24, 2.45) is 0 Å². The van der Waals surface area contributed by atoms with E-state index in [1.54, 1.807) is 0 Å². The summed E-state index contributed by atoms with van der Waals surface area (Å²) in [5.41, 5.74) is 5.70. The van der Waals surface area contributed by atoms with Crippen LogP contribution in [0.1, 0.15) is 13.8 Å². The van der Waals surface area contributed by atoms with Crippen LogP contribution in [0.3, 0.4) is 0 Å². The molecule has 0 aliphatic heterocycles. The molecule has 0 fully saturated rings. The Bertz CT molecular complexity index is 630. The average molecular weight is 294 g/mol. The van der Waals surface area contributed by atoms with Crippen molar-refractivity contribution in [2.45, 2.75) is 13.8 Å². The number of benzene rings is 1. The van der Waals surface area contributed by atoms with Crippen molar-refractivity contribution in [3.8, 4) is 0 Å². The van der Waals surface area contributed by atoms with E-state index >= 15 is 0 Å². The highest BCUT2D eigenvalue weighted by atomic mass is 19.1. The molecule has 0 aliphatic carbocycles. The number of nitrogens with two attached hydrogens (primary N) is 1. The number of hydrogen-bond donors (Lipinski definition) is 2. The van der Waals surface area contributed by atoms with Crippen molar-refractivity contribution in [2.75, 3.05) is 29.0 Å². The van der Waals surface area contributed by atoms with Gasteiger partial charge in [-0.25, -0.2) is 8.78 Å². The molecule has 0 atom stereocenters. The van der Waals surface area contributed by atoms with E-state index in [1.807, 2.05) is 18.7 Å². The van der Waals surface area contributed by atoms with Crippen molar-refractivity contribution in [1.29, 1.82) is 0 Å². The molecule has 0 saturated carbocycles. The van der Waals surface area contributed by atoms with Gasteiger partial charge in [0, 0.05) is 19.2 Å². The van der Waals surface area contributed by atoms with Gasteiger partial charge in [-0.15, -0.1) is 0 Å². The molecule has 8 heteroatoms. The van der Waals surface area contributed by atoms with Gasteiger partial charge in [-0.05, 0) is 26.0 Å². The number of halogens is 2. The molecule has 0 aliphatic rings. The fourth-order valence-electron chi connectivity index (χ4n) is 1.80. The lowest BCUT2D eigenvalue weighted by molar-refractivity contribution is 0.586. The largest absolute Gasteiger partial charge is 0.368 e. The van der Waals surface area contributed by atoms with E-state index in [1.165, 1.54) is 6.07 Å². The van der Waals surface area contributed by atoms with Crippen LogP contribution in [0.4, 0.5) is 32.3 Å². The summed E-state index contributed by atoms with van der Waals surface area (Å²) in [7, 11) is 0. The zero-order chi connectivity index (χ0) is 15.4. The summed E-state index contributed by atoms with van der Waals surface area (Å²) in [6.07, 6.45) is 0. The Balaban J connectivity index is 2.31. The highest BCUT2D eigenvalue weighted by Gasteiger charge is 2.11. The molecule has 1 aromatic carbocycles. The van der Waals surface area contributed by atoms with E-state index in [0.29, 0.717) is 19.0 Å². The molecule has 0 saturated heterocycles. The highest BCUT2D eigenvalue weighted by Crippen LogP contribution is 2.20. The van der Waals surface area contributed by atoms with E-state index in [2.05, 4.69) is 20.3 Å². The van der Waals surface area contributed by atoms with Crippen LogP contribution in [0.2, 0.25) is 0 Å². The SMILES string of the molecule is CCN(CC)c1nc(N)nc(Nc2ccc(F)cc2F)n1. The zero-order valence-corrected chi connectivity index (χ0v) is 11.8. The maximum absolute atomic E-state index is 13.6. The quantitative estimate of drug-likeness (QED) is 0.881. The Labute approximate surface area is 121 Å². The van der Waals surface area contributed by atoms with Gasteiger partial charge in [-0.1, -0.05) is 0 Å². The van der Waals surface area contributed by atoms with Crippen LogP contribution in [0, 0.1) is 11.6 Å². The summed E-state index contributed by atoms with van der Waals surface area (Å²) in [6, 6.07) is 3.18. The minimum atomic E-state index is -0.738. The van der Waals surface area contributed by atoms with Crippen LogP contribution in [0.15, 0.2) is 18.2 Å². The third-order valence-corrected chi connectivity index (χ3v) is 2.86. The Morgan fingerprint density at radius 1 is 1.14 bits per heavy atom. The maximum Gasteiger partial charge on any atom is 0.233 e. The van der Waals surface area contributed by atoms with Gasteiger partial charge >= 0.3 is 0 Å². The second-order valence-electron chi connectivity index (χ2n) is 4.24. The molecular formula is C13H16F2N6. The first-order chi connectivity index (χ1) is 10.0. The summed E-state index contributed by atoms with van der Waals surface area (Å²) in [5, 5.41) is 2.67. The van der Waals surface area contributed by atoms with Gasteiger partial charge in [-0.3, -0.25) is 0 Å². The predicted octanol–water partition coefficient (Wildman–Crippen LogP) is 2.32. The van der Waals surface area contributed by atoms with Gasteiger partial charge in [-0.2, -0.15) is 15.0 Å². The van der Waals surface area contributed by atoms with E-state index in [9.17, 15) is 8.78 Å². The molecule has 6 nitrogen and oxygen atoms in total. The number of anilines is 4. The van der Waals surface area contributed by atoms with E-state index < -0.39 is 11.6 Å². The van der Waals surface area contributed by atoms with E-state index in [0.717, 1.165) is 12.1 Å². The Hall–Kier alpha value is -2.51. The fourth-order valence-corrected chi connectivity index (χ4v) is 1.80. The molecule has 0 unspecified atom stereocenters. The molecule has 1 heterocycles. The van der Waals surface area contributed by atoms with Crippen molar-refractivity contribution in [1.82, 2.24) is 15.0 Å². The third-order valence-electron chi connectivity index (χ3n) is 2.86. The zero-order valence-electron chi connectivity index (χ0n) is 11.8. The minimum absolute atomic E-state index is 0.0249. The second-order valence-corrected chi connectivity index (χ2v) is 4.24. The van der Waals surface area contributed by atoms with Crippen LogP contribution in [-0.4, -0.2) is 28.0 Å². The summed E-state index contributed by atoms with van der Waals surface area (Å²) < 4.78 is 26.5. The molecule has 1 aromatic heterocycles. The normalized spacial score (nSPS) is 10.5. The molecule has 112 valence electrons. The summed E-state index contributed by atoms with van der Waals surface area (Å²) in [6.45, 7) is 5.31. The molecule has 0 amide bonds. The van der Waals surface area contributed by atoms with Gasteiger partial charge in [0.15, 0.2) is 0 Å². The van der Waals surface area contributed by atoms with Gasteiger partial charge in [0.2, 0.25) is 17.8 Å². The van der Waals surface area contributed by atoms with Crippen LogP contribution >= 0.6 is 0 Å². The summed E-state index contributed by atoms with van der Waals surface area (Å²) in [4.78, 5) is 14.0. The smallest absolute Gasteiger partial charge is 0.233 e. The van der Waals surface area contributed by atoms with Gasteiger partial charge < -0.3 is 16.0 Å². The number of nitrogens with zero attached hydrogens (tertiary/aromatic N) is 4. The van der Waals surface area contributed by atoms with Crippen LogP contribution < -0.4 is 16.0 Å². The standard InChI is InChI=1S/C13H16F2N6/c1-3-21(4-2)13-19-11(16)18-12(20-13)17-10-6-5-8(14)7-9(10)15/h5-7H,3-4H2,1-2H3,(H3,16,17,18,19,20). The highest BCUT2D eigenvalue weighted by molar-refractivity contribution is 5.56. The van der Waals surface area contributed by atoms with Crippen LogP contribution in [0.5, 0.6) is 0 Å². The lowest BCUT2D eigenvalue weighted by atomic mass is 10.3. The van der Waals surface area contributed by atoms with Gasteiger partial charge in [0.05, 0.1) is 5.69 Å². The molecule has 0 bridgehead atoms. The topological polar surface area (TPSA) is 80.0 Å². The number of nitrogens with one attached hydrogen (secondary N) is 1. The van der Waals surface area contributed by atoms with Gasteiger partial charge in [0.25, 0.3) is 0 Å². The third kappa shape index (κ3) is 3.53. The van der Waals surface area contributed by atoms with Crippen molar-refractivity contribution >= 4 is 23.5 Å². The molecular weight excluding hydrogens is 278 g/mol. The fraction of sp³-hybridized carbons (Fsp3) is 0.308. The number of nitrogen functional groups attached to an aromatic ring is 1. The molecule has 21 heavy (non-hydrogen) atoms. The second kappa shape index (κ2) is 6.29. The van der Waals surface area contributed by atoms with Crippen molar-refractivity contribution < 1.29 is 8.78 Å². The molecule has 2 aromatic rings. The first-order valence-electron chi connectivity index (χ1n) is 6.52. The predicted molar refractivity (Wildman–Crippen MR) is 77.4 cm³/mol. The lowest BCUT2D eigenvalue weighted by Crippen LogP contribution is -2.25. The minimum Gasteiger partial charge on any atom is -0.368 e. The molecule has 0 radical (unpaired) electrons. The number of rotatable bonds is 5.